The van der Waals surface area contributed by atoms with Crippen molar-refractivity contribution in [1.29, 1.82) is 0 Å². The maximum absolute atomic E-state index is 13.7. The molecule has 43 heavy (non-hydrogen) atoms. The van der Waals surface area contributed by atoms with Gasteiger partial charge in [-0.1, -0.05) is 68.8 Å². The van der Waals surface area contributed by atoms with Crippen LogP contribution >= 0.6 is 22.9 Å². The number of H-pyrrole nitrogens is 1. The van der Waals surface area contributed by atoms with Gasteiger partial charge in [-0.15, -0.1) is 11.3 Å². The highest BCUT2D eigenvalue weighted by atomic mass is 35.5. The minimum Gasteiger partial charge on any atom is -0.496 e. The number of fused-ring (bicyclic) bond motifs is 1. The molecule has 10 heteroatoms. The van der Waals surface area contributed by atoms with E-state index in [4.69, 9.17) is 30.8 Å². The third kappa shape index (κ3) is 8.09. The van der Waals surface area contributed by atoms with Crippen LogP contribution < -0.4 is 14.8 Å². The van der Waals surface area contributed by atoms with Crippen molar-refractivity contribution in [2.45, 2.75) is 71.6 Å². The topological polar surface area (TPSA) is 103 Å². The summed E-state index contributed by atoms with van der Waals surface area (Å²) in [5, 5.41) is 4.84. The van der Waals surface area contributed by atoms with Gasteiger partial charge < -0.3 is 19.2 Å². The normalized spacial score (nSPS) is 11.1. The molecule has 0 aliphatic rings. The predicted octanol–water partition coefficient (Wildman–Crippen LogP) is 8.61. The largest absolute Gasteiger partial charge is 0.496 e. The Morgan fingerprint density at radius 3 is 2.47 bits per heavy atom. The maximum Gasteiger partial charge on any atom is 0.306 e. The second kappa shape index (κ2) is 15.8. The summed E-state index contributed by atoms with van der Waals surface area (Å²) in [4.78, 5) is 35.0. The number of methoxy groups -OCH3 is 2. The summed E-state index contributed by atoms with van der Waals surface area (Å²) in [6.45, 7) is 4.31. The van der Waals surface area contributed by atoms with Gasteiger partial charge in [0, 0.05) is 33.8 Å². The molecule has 0 fully saturated rings. The molecule has 4 aromatic rings. The zero-order valence-corrected chi connectivity index (χ0v) is 26.9. The highest BCUT2D eigenvalue weighted by Gasteiger charge is 2.23. The fourth-order valence-electron chi connectivity index (χ4n) is 5.17. The lowest BCUT2D eigenvalue weighted by Crippen LogP contribution is -2.15. The van der Waals surface area contributed by atoms with Gasteiger partial charge in [-0.05, 0) is 43.9 Å². The Balaban J connectivity index is 1.65. The molecular formula is C33H40ClN3O5S. The Labute approximate surface area is 262 Å². The summed E-state index contributed by atoms with van der Waals surface area (Å²) < 4.78 is 16.3. The smallest absolute Gasteiger partial charge is 0.306 e. The molecule has 230 valence electrons. The fourth-order valence-corrected chi connectivity index (χ4v) is 6.41. The molecule has 0 atom stereocenters. The van der Waals surface area contributed by atoms with Gasteiger partial charge in [0.2, 0.25) is 0 Å². The van der Waals surface area contributed by atoms with Crippen molar-refractivity contribution < 1.29 is 23.8 Å². The molecule has 1 amide bonds. The number of thiazole rings is 1. The minimum atomic E-state index is -0.317. The third-order valence-electron chi connectivity index (χ3n) is 7.33. The van der Waals surface area contributed by atoms with E-state index in [1.807, 2.05) is 30.3 Å². The minimum absolute atomic E-state index is 0.179. The molecule has 2 aromatic carbocycles. The molecule has 2 N–H and O–H groups in total. The Hall–Kier alpha value is -3.56. The summed E-state index contributed by atoms with van der Waals surface area (Å²) >= 11 is 7.85. The number of rotatable bonds is 16. The van der Waals surface area contributed by atoms with Crippen molar-refractivity contribution in [3.63, 3.8) is 0 Å². The predicted molar refractivity (Wildman–Crippen MR) is 174 cm³/mol. The van der Waals surface area contributed by atoms with Gasteiger partial charge in [-0.25, -0.2) is 4.98 Å². The highest BCUT2D eigenvalue weighted by Crippen LogP contribution is 2.42. The number of esters is 1. The number of hydrogen-bond donors (Lipinski definition) is 2. The van der Waals surface area contributed by atoms with E-state index in [9.17, 15) is 9.59 Å². The average molecular weight is 626 g/mol. The highest BCUT2D eigenvalue weighted by molar-refractivity contribution is 7.16. The molecule has 8 nitrogen and oxygen atoms in total. The number of nitrogens with zero attached hydrogens (tertiary/aromatic N) is 1. The van der Waals surface area contributed by atoms with Crippen LogP contribution in [0.15, 0.2) is 36.4 Å². The number of hydrogen-bond acceptors (Lipinski definition) is 7. The standard InChI is InChI=1S/C33H40ClN3O5S/c1-5-7-8-9-10-11-16-28-30(23-19-27(41-4)24(34)20-26(23)40-3)36-33(43-28)37-32(39)31-22(17-18-29(38)42-6-2)21-14-12-13-15-25(21)35-31/h12-15,19-20,35H,5-11,16-18H2,1-4H3,(H,36,37,39). The molecule has 2 aromatic heterocycles. The van der Waals surface area contributed by atoms with Crippen LogP contribution in [0.25, 0.3) is 22.2 Å². The van der Waals surface area contributed by atoms with E-state index in [-0.39, 0.29) is 18.3 Å². The number of halogens is 1. The number of aryl methyl sites for hydroxylation is 2. The number of aromatic nitrogens is 2. The number of amides is 1. The number of anilines is 1. The number of ether oxygens (including phenoxy) is 3. The van der Waals surface area contributed by atoms with Crippen LogP contribution in [0.3, 0.4) is 0 Å². The van der Waals surface area contributed by atoms with Crippen molar-refractivity contribution in [3.8, 4) is 22.8 Å². The van der Waals surface area contributed by atoms with Crippen molar-refractivity contribution in [2.24, 2.45) is 0 Å². The van der Waals surface area contributed by atoms with Crippen LogP contribution in [-0.2, 0) is 22.4 Å². The van der Waals surface area contributed by atoms with Crippen LogP contribution in [0, 0.1) is 0 Å². The number of aromatic amines is 1. The summed E-state index contributed by atoms with van der Waals surface area (Å²) in [7, 11) is 3.17. The lowest BCUT2D eigenvalue weighted by molar-refractivity contribution is -0.143. The van der Waals surface area contributed by atoms with E-state index in [1.165, 1.54) is 37.0 Å². The van der Waals surface area contributed by atoms with Gasteiger partial charge in [0.1, 0.15) is 17.2 Å². The number of para-hydroxylation sites is 1. The monoisotopic (exact) mass is 625 g/mol. The first kappa shape index (κ1) is 32.4. The molecule has 0 saturated carbocycles. The van der Waals surface area contributed by atoms with Crippen molar-refractivity contribution in [2.75, 3.05) is 26.1 Å². The van der Waals surface area contributed by atoms with E-state index in [1.54, 1.807) is 27.2 Å². The molecule has 0 radical (unpaired) electrons. The molecule has 0 saturated heterocycles. The first-order chi connectivity index (χ1) is 20.9. The molecule has 0 aliphatic heterocycles. The summed E-state index contributed by atoms with van der Waals surface area (Å²) in [5.74, 6) is 0.485. The van der Waals surface area contributed by atoms with E-state index < -0.39 is 0 Å². The second-order valence-corrected chi connectivity index (χ2v) is 11.8. The van der Waals surface area contributed by atoms with Gasteiger partial charge in [0.15, 0.2) is 5.13 Å². The quantitative estimate of drug-likeness (QED) is 0.0954. The Morgan fingerprint density at radius 2 is 1.72 bits per heavy atom. The van der Waals surface area contributed by atoms with Crippen LogP contribution in [0.5, 0.6) is 11.5 Å². The maximum atomic E-state index is 13.7. The first-order valence-electron chi connectivity index (χ1n) is 14.9. The van der Waals surface area contributed by atoms with E-state index >= 15 is 0 Å². The molecular weight excluding hydrogens is 586 g/mol. The van der Waals surface area contributed by atoms with Crippen LogP contribution in [-0.4, -0.2) is 42.7 Å². The summed E-state index contributed by atoms with van der Waals surface area (Å²) in [5.41, 5.74) is 3.50. The van der Waals surface area contributed by atoms with E-state index in [0.29, 0.717) is 40.4 Å². The van der Waals surface area contributed by atoms with E-state index in [2.05, 4.69) is 17.2 Å². The number of carbonyl (C=O) groups is 2. The number of nitrogens with one attached hydrogen (secondary N) is 2. The second-order valence-electron chi connectivity index (χ2n) is 10.3. The Kier molecular flexibility index (Phi) is 11.9. The molecule has 0 bridgehead atoms. The molecule has 0 spiro atoms. The Morgan fingerprint density at radius 1 is 0.977 bits per heavy atom. The zero-order chi connectivity index (χ0) is 30.8. The number of unbranched alkanes of at least 4 members (excludes halogenated alkanes) is 5. The number of benzene rings is 2. The van der Waals surface area contributed by atoms with Crippen LogP contribution in [0.2, 0.25) is 5.02 Å². The van der Waals surface area contributed by atoms with Gasteiger partial charge in [-0.3, -0.25) is 14.9 Å². The van der Waals surface area contributed by atoms with Gasteiger partial charge in [0.25, 0.3) is 5.91 Å². The fraction of sp³-hybridized carbons (Fsp3) is 0.424. The molecule has 0 aliphatic carbocycles. The van der Waals surface area contributed by atoms with Crippen molar-refractivity contribution in [1.82, 2.24) is 9.97 Å². The lowest BCUT2D eigenvalue weighted by Gasteiger charge is -2.12. The van der Waals surface area contributed by atoms with E-state index in [0.717, 1.165) is 51.9 Å². The zero-order valence-electron chi connectivity index (χ0n) is 25.3. The van der Waals surface area contributed by atoms with Crippen LogP contribution in [0.1, 0.15) is 79.7 Å². The molecule has 4 rings (SSSR count). The SMILES string of the molecule is CCCCCCCCc1sc(NC(=O)c2[nH]c3ccccc3c2CCC(=O)OCC)nc1-c1cc(OC)c(Cl)cc1OC. The van der Waals surface area contributed by atoms with Gasteiger partial charge in [0.05, 0.1) is 31.5 Å². The number of carbonyl (C=O) groups excluding carboxylic acids is 2. The average Bonchev–Trinajstić information content (AvgIpc) is 3.58. The van der Waals surface area contributed by atoms with Gasteiger partial charge in [-0.2, -0.15) is 0 Å². The van der Waals surface area contributed by atoms with Gasteiger partial charge >= 0.3 is 5.97 Å². The summed E-state index contributed by atoms with van der Waals surface area (Å²) in [6.07, 6.45) is 8.40. The van der Waals surface area contributed by atoms with Crippen molar-refractivity contribution >= 4 is 50.8 Å². The first-order valence-corrected chi connectivity index (χ1v) is 16.1. The Bertz CT molecular complexity index is 1550. The van der Waals surface area contributed by atoms with Crippen molar-refractivity contribution in [3.05, 3.63) is 57.6 Å². The third-order valence-corrected chi connectivity index (χ3v) is 8.66. The molecule has 0 unspecified atom stereocenters. The summed E-state index contributed by atoms with van der Waals surface area (Å²) in [6, 6.07) is 11.2. The molecule has 2 heterocycles. The lowest BCUT2D eigenvalue weighted by atomic mass is 10.0. The van der Waals surface area contributed by atoms with Crippen LogP contribution in [0.4, 0.5) is 5.13 Å².